The summed E-state index contributed by atoms with van der Waals surface area (Å²) in [6.07, 6.45) is -4.51. The lowest BCUT2D eigenvalue weighted by Gasteiger charge is -2.21. The Labute approximate surface area is 186 Å². The van der Waals surface area contributed by atoms with Gasteiger partial charge in [-0.05, 0) is 55.2 Å². The number of hydrogen-bond donors (Lipinski definition) is 1. The van der Waals surface area contributed by atoms with Crippen molar-refractivity contribution in [1.29, 1.82) is 0 Å². The number of aromatic nitrogens is 1. The molecular weight excluding hydrogens is 417 g/mol. The number of carbonyl (C=O) groups is 1. The Morgan fingerprint density at radius 1 is 1.00 bits per heavy atom. The van der Waals surface area contributed by atoms with Crippen molar-refractivity contribution in [2.45, 2.75) is 46.2 Å². The number of nitrogens with zero attached hydrogens (tertiary/aromatic N) is 1. The molecule has 0 radical (unpaired) electrons. The number of methoxy groups -OCH3 is 1. The Morgan fingerprint density at radius 2 is 1.66 bits per heavy atom. The number of ether oxygens (including phenoxy) is 1. The van der Waals surface area contributed by atoms with Gasteiger partial charge in [0.25, 0.3) is 5.91 Å². The van der Waals surface area contributed by atoms with Crippen molar-refractivity contribution in [2.75, 3.05) is 12.4 Å². The van der Waals surface area contributed by atoms with Crippen LogP contribution >= 0.6 is 0 Å². The van der Waals surface area contributed by atoms with Crippen LogP contribution in [0.25, 0.3) is 5.69 Å². The van der Waals surface area contributed by atoms with E-state index in [-0.39, 0.29) is 11.1 Å². The number of hydrogen-bond acceptors (Lipinski definition) is 2. The molecule has 0 aliphatic heterocycles. The smallest absolute Gasteiger partial charge is 0.418 e. The molecule has 0 saturated carbocycles. The number of nitrogens with one attached hydrogen (secondary N) is 1. The van der Waals surface area contributed by atoms with Gasteiger partial charge >= 0.3 is 6.18 Å². The van der Waals surface area contributed by atoms with Gasteiger partial charge in [-0.1, -0.05) is 39.0 Å². The standard InChI is InChI=1S/C25H27F3N2O2/c1-15-13-18(16(2)30(15)21-10-8-7-9-19(21)25(26,27)28)23(31)29-20-14-17(24(3,4)5)11-12-22(20)32-6/h7-14H,1-6H3,(H,29,31). The summed E-state index contributed by atoms with van der Waals surface area (Å²) in [7, 11) is 1.52. The van der Waals surface area contributed by atoms with Gasteiger partial charge in [0.05, 0.1) is 29.6 Å². The largest absolute Gasteiger partial charge is 0.495 e. The Morgan fingerprint density at radius 3 is 2.25 bits per heavy atom. The van der Waals surface area contributed by atoms with Gasteiger partial charge in [0.15, 0.2) is 0 Å². The quantitative estimate of drug-likeness (QED) is 0.488. The highest BCUT2D eigenvalue weighted by Gasteiger charge is 2.34. The predicted molar refractivity (Wildman–Crippen MR) is 120 cm³/mol. The topological polar surface area (TPSA) is 43.3 Å². The zero-order valence-corrected chi connectivity index (χ0v) is 19.0. The molecule has 3 aromatic rings. The van der Waals surface area contributed by atoms with E-state index in [9.17, 15) is 18.0 Å². The van der Waals surface area contributed by atoms with E-state index >= 15 is 0 Å². The van der Waals surface area contributed by atoms with Crippen LogP contribution in [0.15, 0.2) is 48.5 Å². The molecule has 1 amide bonds. The fraction of sp³-hybridized carbons (Fsp3) is 0.320. The van der Waals surface area contributed by atoms with Crippen LogP contribution in [0.5, 0.6) is 5.75 Å². The number of halogens is 3. The SMILES string of the molecule is COc1ccc(C(C)(C)C)cc1NC(=O)c1cc(C)n(-c2ccccc2C(F)(F)F)c1C. The molecule has 1 N–H and O–H groups in total. The predicted octanol–water partition coefficient (Wildman–Crippen LogP) is 6.67. The fourth-order valence-corrected chi connectivity index (χ4v) is 3.73. The average Bonchev–Trinajstić information content (AvgIpc) is 3.00. The zero-order valence-electron chi connectivity index (χ0n) is 19.0. The lowest BCUT2D eigenvalue weighted by atomic mass is 9.87. The number of benzene rings is 2. The molecule has 0 atom stereocenters. The molecule has 1 heterocycles. The first-order valence-electron chi connectivity index (χ1n) is 10.2. The molecule has 0 aliphatic carbocycles. The van der Waals surface area contributed by atoms with Crippen LogP contribution in [0, 0.1) is 13.8 Å². The van der Waals surface area contributed by atoms with Crippen LogP contribution in [0.3, 0.4) is 0 Å². The third-order valence-corrected chi connectivity index (χ3v) is 5.44. The number of aryl methyl sites for hydroxylation is 1. The summed E-state index contributed by atoms with van der Waals surface area (Å²) in [6, 6.07) is 12.5. The van der Waals surface area contributed by atoms with Crippen molar-refractivity contribution in [1.82, 2.24) is 4.57 Å². The van der Waals surface area contributed by atoms with Crippen LogP contribution < -0.4 is 10.1 Å². The van der Waals surface area contributed by atoms with Gasteiger partial charge in [-0.2, -0.15) is 13.2 Å². The summed E-state index contributed by atoms with van der Waals surface area (Å²) in [5, 5.41) is 2.87. The zero-order chi connectivity index (χ0) is 23.8. The molecule has 0 fully saturated rings. The first kappa shape index (κ1) is 23.4. The summed E-state index contributed by atoms with van der Waals surface area (Å²) in [5.41, 5.74) is 1.85. The minimum absolute atomic E-state index is 0.0126. The number of rotatable bonds is 4. The van der Waals surface area contributed by atoms with E-state index in [0.29, 0.717) is 28.4 Å². The maximum absolute atomic E-state index is 13.6. The molecule has 0 bridgehead atoms. The third-order valence-electron chi connectivity index (χ3n) is 5.44. The molecule has 1 aromatic heterocycles. The maximum Gasteiger partial charge on any atom is 0.418 e. The van der Waals surface area contributed by atoms with E-state index < -0.39 is 17.6 Å². The minimum atomic E-state index is -4.51. The normalized spacial score (nSPS) is 12.0. The number of alkyl halides is 3. The van der Waals surface area contributed by atoms with Crippen LogP contribution in [-0.4, -0.2) is 17.6 Å². The summed E-state index contributed by atoms with van der Waals surface area (Å²) in [6.45, 7) is 9.50. The van der Waals surface area contributed by atoms with Gasteiger partial charge in [-0.15, -0.1) is 0 Å². The second-order valence-electron chi connectivity index (χ2n) is 8.75. The van der Waals surface area contributed by atoms with Crippen LogP contribution in [0.1, 0.15) is 53.6 Å². The molecule has 0 spiro atoms. The number of para-hydroxylation sites is 1. The van der Waals surface area contributed by atoms with E-state index in [4.69, 9.17) is 4.74 Å². The second kappa shape index (κ2) is 8.37. The van der Waals surface area contributed by atoms with Gasteiger partial charge in [0.2, 0.25) is 0 Å². The fourth-order valence-electron chi connectivity index (χ4n) is 3.73. The molecule has 0 saturated heterocycles. The molecule has 32 heavy (non-hydrogen) atoms. The molecule has 4 nitrogen and oxygen atoms in total. The molecule has 7 heteroatoms. The second-order valence-corrected chi connectivity index (χ2v) is 8.75. The Kier molecular flexibility index (Phi) is 6.13. The Balaban J connectivity index is 2.04. The molecule has 2 aromatic carbocycles. The molecule has 170 valence electrons. The minimum Gasteiger partial charge on any atom is -0.495 e. The summed E-state index contributed by atoms with van der Waals surface area (Å²) in [5.74, 6) is 0.0840. The van der Waals surface area contributed by atoms with Crippen molar-refractivity contribution in [3.05, 3.63) is 76.6 Å². The molecular formula is C25H27F3N2O2. The first-order valence-corrected chi connectivity index (χ1v) is 10.2. The highest BCUT2D eigenvalue weighted by atomic mass is 19.4. The summed E-state index contributed by atoms with van der Waals surface area (Å²) in [4.78, 5) is 13.1. The monoisotopic (exact) mass is 444 g/mol. The Hall–Kier alpha value is -3.22. The summed E-state index contributed by atoms with van der Waals surface area (Å²) >= 11 is 0. The highest BCUT2D eigenvalue weighted by molar-refractivity contribution is 6.06. The lowest BCUT2D eigenvalue weighted by molar-refractivity contribution is -0.137. The average molecular weight is 444 g/mol. The lowest BCUT2D eigenvalue weighted by Crippen LogP contribution is -2.16. The van der Waals surface area contributed by atoms with Gasteiger partial charge in [-0.25, -0.2) is 0 Å². The number of anilines is 1. The van der Waals surface area contributed by atoms with Crippen molar-refractivity contribution < 1.29 is 22.7 Å². The van der Waals surface area contributed by atoms with E-state index in [1.165, 1.54) is 23.8 Å². The van der Waals surface area contributed by atoms with Crippen LogP contribution in [0.2, 0.25) is 0 Å². The van der Waals surface area contributed by atoms with Crippen molar-refractivity contribution in [3.63, 3.8) is 0 Å². The number of carbonyl (C=O) groups excluding carboxylic acids is 1. The van der Waals surface area contributed by atoms with E-state index in [0.717, 1.165) is 11.6 Å². The highest BCUT2D eigenvalue weighted by Crippen LogP contribution is 2.36. The van der Waals surface area contributed by atoms with Gasteiger partial charge in [-0.3, -0.25) is 4.79 Å². The van der Waals surface area contributed by atoms with Gasteiger partial charge in [0, 0.05) is 11.4 Å². The van der Waals surface area contributed by atoms with Crippen molar-refractivity contribution in [2.24, 2.45) is 0 Å². The Bertz CT molecular complexity index is 1150. The number of amides is 1. The first-order chi connectivity index (χ1) is 14.8. The van der Waals surface area contributed by atoms with Crippen LogP contribution in [-0.2, 0) is 11.6 Å². The van der Waals surface area contributed by atoms with Gasteiger partial charge < -0.3 is 14.6 Å². The molecule has 0 aliphatic rings. The van der Waals surface area contributed by atoms with E-state index in [1.807, 2.05) is 12.1 Å². The van der Waals surface area contributed by atoms with Crippen LogP contribution in [0.4, 0.5) is 18.9 Å². The molecule has 0 unspecified atom stereocenters. The third kappa shape index (κ3) is 4.52. The van der Waals surface area contributed by atoms with Crippen molar-refractivity contribution in [3.8, 4) is 11.4 Å². The summed E-state index contributed by atoms with van der Waals surface area (Å²) < 4.78 is 47.5. The van der Waals surface area contributed by atoms with Crippen molar-refractivity contribution >= 4 is 11.6 Å². The van der Waals surface area contributed by atoms with E-state index in [1.54, 1.807) is 32.0 Å². The van der Waals surface area contributed by atoms with Gasteiger partial charge in [0.1, 0.15) is 5.75 Å². The maximum atomic E-state index is 13.6. The van der Waals surface area contributed by atoms with E-state index in [2.05, 4.69) is 26.1 Å². The molecule has 3 rings (SSSR count).